The quantitative estimate of drug-likeness (QED) is 0.677. The molecule has 0 aliphatic rings. The van der Waals surface area contributed by atoms with E-state index in [1.165, 1.54) is 6.07 Å². The van der Waals surface area contributed by atoms with Crippen molar-refractivity contribution in [2.75, 3.05) is 5.73 Å². The molecular formula is C7H5F2N3O. The van der Waals surface area contributed by atoms with Gasteiger partial charge in [0, 0.05) is 6.07 Å². The number of halogens is 2. The van der Waals surface area contributed by atoms with Crippen molar-refractivity contribution in [1.29, 1.82) is 5.26 Å². The average Bonchev–Trinajstić information content (AvgIpc) is 2.02. The number of hydrogen-bond donors (Lipinski definition) is 2. The van der Waals surface area contributed by atoms with Crippen LogP contribution in [0.25, 0.3) is 0 Å². The van der Waals surface area contributed by atoms with Crippen LogP contribution in [0.15, 0.2) is 10.9 Å². The number of aromatic nitrogens is 1. The maximum Gasteiger partial charge on any atom is 0.279 e. The predicted molar refractivity (Wildman–Crippen MR) is 41.1 cm³/mol. The third-order valence-corrected chi connectivity index (χ3v) is 1.41. The number of nitrogens with two attached hydrogens (primary N) is 1. The second-order valence-electron chi connectivity index (χ2n) is 2.29. The molecule has 0 saturated carbocycles. The minimum Gasteiger partial charge on any atom is -0.385 e. The standard InChI is InChI=1S/C7H5F2N3O/c8-7(9)6-3(2-10)4(13)1-5(11)12-6/h1,7H,(H3,11,12,13). The summed E-state index contributed by atoms with van der Waals surface area (Å²) in [4.78, 5) is 13.0. The van der Waals surface area contributed by atoms with Crippen molar-refractivity contribution in [3.05, 3.63) is 27.5 Å². The van der Waals surface area contributed by atoms with E-state index in [2.05, 4.69) is 4.98 Å². The van der Waals surface area contributed by atoms with E-state index in [9.17, 15) is 13.6 Å². The molecule has 1 rings (SSSR count). The zero-order chi connectivity index (χ0) is 10.0. The Kier molecular flexibility index (Phi) is 2.28. The van der Waals surface area contributed by atoms with Crippen molar-refractivity contribution in [2.45, 2.75) is 6.43 Å². The summed E-state index contributed by atoms with van der Waals surface area (Å²) in [6.07, 6.45) is -2.91. The van der Waals surface area contributed by atoms with Gasteiger partial charge in [0.05, 0.1) is 0 Å². The molecule has 0 saturated heterocycles. The molecule has 0 atom stereocenters. The monoisotopic (exact) mass is 185 g/mol. The second kappa shape index (κ2) is 3.23. The molecular weight excluding hydrogens is 180 g/mol. The van der Waals surface area contributed by atoms with Gasteiger partial charge in [-0.15, -0.1) is 0 Å². The molecule has 1 aromatic rings. The SMILES string of the molecule is N#Cc1c(C(F)F)[nH]c(N)cc1=O. The van der Waals surface area contributed by atoms with Crippen LogP contribution in [0, 0.1) is 11.3 Å². The summed E-state index contributed by atoms with van der Waals surface area (Å²) in [7, 11) is 0. The van der Waals surface area contributed by atoms with Crippen LogP contribution in [0.4, 0.5) is 14.6 Å². The number of pyridine rings is 1. The first-order valence-corrected chi connectivity index (χ1v) is 3.27. The summed E-state index contributed by atoms with van der Waals surface area (Å²) >= 11 is 0. The molecule has 0 bridgehead atoms. The topological polar surface area (TPSA) is 82.7 Å². The fourth-order valence-corrected chi connectivity index (χ4v) is 0.879. The lowest BCUT2D eigenvalue weighted by atomic mass is 10.2. The van der Waals surface area contributed by atoms with Gasteiger partial charge < -0.3 is 10.7 Å². The normalized spacial score (nSPS) is 10.0. The van der Waals surface area contributed by atoms with Gasteiger partial charge in [-0.05, 0) is 0 Å². The highest BCUT2D eigenvalue weighted by Gasteiger charge is 2.16. The zero-order valence-corrected chi connectivity index (χ0v) is 6.34. The molecule has 0 amide bonds. The van der Waals surface area contributed by atoms with E-state index in [-0.39, 0.29) is 5.82 Å². The van der Waals surface area contributed by atoms with Crippen LogP contribution in [0.2, 0.25) is 0 Å². The van der Waals surface area contributed by atoms with E-state index < -0.39 is 23.1 Å². The zero-order valence-electron chi connectivity index (χ0n) is 6.34. The molecule has 1 aromatic heterocycles. The van der Waals surface area contributed by atoms with Crippen LogP contribution >= 0.6 is 0 Å². The molecule has 0 fully saturated rings. The summed E-state index contributed by atoms with van der Waals surface area (Å²) < 4.78 is 24.4. The Balaban J connectivity index is 3.50. The summed E-state index contributed by atoms with van der Waals surface area (Å²) in [5.74, 6) is -0.181. The van der Waals surface area contributed by atoms with E-state index in [1.54, 1.807) is 0 Å². The number of hydrogen-bond acceptors (Lipinski definition) is 3. The molecule has 0 spiro atoms. The molecule has 0 aromatic carbocycles. The Morgan fingerprint density at radius 1 is 1.62 bits per heavy atom. The van der Waals surface area contributed by atoms with Gasteiger partial charge in [-0.3, -0.25) is 4.79 Å². The number of rotatable bonds is 1. The first-order chi connectivity index (χ1) is 6.06. The number of nitrogens with one attached hydrogen (secondary N) is 1. The number of alkyl halides is 2. The number of anilines is 1. The number of nitrogen functional groups attached to an aromatic ring is 1. The third kappa shape index (κ3) is 1.64. The highest BCUT2D eigenvalue weighted by atomic mass is 19.3. The Morgan fingerprint density at radius 3 is 2.69 bits per heavy atom. The summed E-state index contributed by atoms with van der Waals surface area (Å²) in [5.41, 5.74) is 3.00. The van der Waals surface area contributed by atoms with Crippen LogP contribution in [-0.4, -0.2) is 4.98 Å². The average molecular weight is 185 g/mol. The largest absolute Gasteiger partial charge is 0.385 e. The van der Waals surface area contributed by atoms with Crippen LogP contribution in [0.3, 0.4) is 0 Å². The Morgan fingerprint density at radius 2 is 2.23 bits per heavy atom. The van der Waals surface area contributed by atoms with Gasteiger partial charge in [-0.2, -0.15) is 5.26 Å². The van der Waals surface area contributed by atoms with Crippen LogP contribution in [-0.2, 0) is 0 Å². The van der Waals surface area contributed by atoms with Crippen LogP contribution < -0.4 is 11.2 Å². The number of nitrogens with zero attached hydrogens (tertiary/aromatic N) is 1. The summed E-state index contributed by atoms with van der Waals surface area (Å²) in [6.45, 7) is 0. The van der Waals surface area contributed by atoms with E-state index in [0.29, 0.717) is 0 Å². The molecule has 0 aliphatic carbocycles. The molecule has 0 aliphatic heterocycles. The van der Waals surface area contributed by atoms with Crippen LogP contribution in [0.5, 0.6) is 0 Å². The highest BCUT2D eigenvalue weighted by Crippen LogP contribution is 2.18. The minimum absolute atomic E-state index is 0.181. The lowest BCUT2D eigenvalue weighted by Gasteiger charge is -2.02. The van der Waals surface area contributed by atoms with Crippen molar-refractivity contribution in [3.63, 3.8) is 0 Å². The van der Waals surface area contributed by atoms with Gasteiger partial charge in [0.15, 0.2) is 0 Å². The lowest BCUT2D eigenvalue weighted by Crippen LogP contribution is -2.13. The molecule has 0 unspecified atom stereocenters. The van der Waals surface area contributed by atoms with Crippen molar-refractivity contribution in [3.8, 4) is 6.07 Å². The van der Waals surface area contributed by atoms with Gasteiger partial charge in [-0.1, -0.05) is 0 Å². The van der Waals surface area contributed by atoms with Crippen molar-refractivity contribution in [2.24, 2.45) is 0 Å². The fourth-order valence-electron chi connectivity index (χ4n) is 0.879. The molecule has 68 valence electrons. The van der Waals surface area contributed by atoms with Crippen molar-refractivity contribution >= 4 is 5.82 Å². The van der Waals surface area contributed by atoms with Gasteiger partial charge >= 0.3 is 0 Å². The van der Waals surface area contributed by atoms with Gasteiger partial charge in [0.25, 0.3) is 6.43 Å². The number of nitriles is 1. The number of H-pyrrole nitrogens is 1. The highest BCUT2D eigenvalue weighted by molar-refractivity contribution is 5.41. The second-order valence-corrected chi connectivity index (χ2v) is 2.29. The maximum atomic E-state index is 12.2. The van der Waals surface area contributed by atoms with Gasteiger partial charge in [0.1, 0.15) is 23.1 Å². The van der Waals surface area contributed by atoms with Crippen LogP contribution in [0.1, 0.15) is 17.7 Å². The van der Waals surface area contributed by atoms with E-state index >= 15 is 0 Å². The Bertz CT molecular complexity index is 419. The van der Waals surface area contributed by atoms with Gasteiger partial charge in [-0.25, -0.2) is 8.78 Å². The lowest BCUT2D eigenvalue weighted by molar-refractivity contribution is 0.146. The molecule has 0 radical (unpaired) electrons. The Hall–Kier alpha value is -1.90. The molecule has 13 heavy (non-hydrogen) atoms. The van der Waals surface area contributed by atoms with Gasteiger partial charge in [0.2, 0.25) is 5.43 Å². The van der Waals surface area contributed by atoms with E-state index in [0.717, 1.165) is 6.07 Å². The van der Waals surface area contributed by atoms with Crippen molar-refractivity contribution in [1.82, 2.24) is 4.98 Å². The third-order valence-electron chi connectivity index (χ3n) is 1.41. The van der Waals surface area contributed by atoms with E-state index in [1.807, 2.05) is 0 Å². The summed E-state index contributed by atoms with van der Waals surface area (Å²) in [5, 5.41) is 8.39. The molecule has 3 N–H and O–H groups in total. The summed E-state index contributed by atoms with van der Waals surface area (Å²) in [6, 6.07) is 2.29. The Labute approximate surface area is 71.6 Å². The minimum atomic E-state index is -2.91. The van der Waals surface area contributed by atoms with Crippen molar-refractivity contribution < 1.29 is 8.78 Å². The maximum absolute atomic E-state index is 12.2. The van der Waals surface area contributed by atoms with E-state index in [4.69, 9.17) is 11.0 Å². The molecule has 6 heteroatoms. The molecule has 4 nitrogen and oxygen atoms in total. The number of aromatic amines is 1. The molecule has 1 heterocycles. The predicted octanol–water partition coefficient (Wildman–Crippen LogP) is 0.766. The first kappa shape index (κ1) is 9.19. The fraction of sp³-hybridized carbons (Fsp3) is 0.143. The smallest absolute Gasteiger partial charge is 0.279 e. The first-order valence-electron chi connectivity index (χ1n) is 3.27.